The molecule has 0 amide bonds. The summed E-state index contributed by atoms with van der Waals surface area (Å²) in [5, 5.41) is 7.02. The monoisotopic (exact) mass is 602 g/mol. The molecule has 0 fully saturated rings. The van der Waals surface area contributed by atoms with E-state index >= 15 is 0 Å². The average molecular weight is 603 g/mol. The van der Waals surface area contributed by atoms with Crippen LogP contribution in [0.25, 0.3) is 52.9 Å². The van der Waals surface area contributed by atoms with Gasteiger partial charge in [0.05, 0.1) is 0 Å². The van der Waals surface area contributed by atoms with Crippen molar-refractivity contribution in [3.05, 3.63) is 71.8 Å². The average Bonchev–Trinajstić information content (AvgIpc) is 3.65. The Bertz CT molecular complexity index is 3030. The summed E-state index contributed by atoms with van der Waals surface area (Å²) < 4.78 is 8.75. The molecule has 0 aliphatic rings. The van der Waals surface area contributed by atoms with E-state index in [9.17, 15) is 0 Å². The highest BCUT2D eigenvalue weighted by Crippen LogP contribution is 2.42. The van der Waals surface area contributed by atoms with Gasteiger partial charge in [-0.3, -0.25) is 0 Å². The predicted molar refractivity (Wildman–Crippen MR) is 195 cm³/mol. The minimum atomic E-state index is 0.887. The zero-order valence-electron chi connectivity index (χ0n) is 24.7. The predicted octanol–water partition coefficient (Wildman–Crippen LogP) is 7.43. The fraction of sp³-hybridized carbons (Fsp3) is 0.0222. The summed E-state index contributed by atoms with van der Waals surface area (Å²) in [6.07, 6.45) is 4.97. The Morgan fingerprint density at radius 3 is 1.55 bits per heavy atom. The molecule has 0 unspecified atom stereocenters. The van der Waals surface area contributed by atoms with Crippen molar-refractivity contribution >= 4 is 64.2 Å². The summed E-state index contributed by atoms with van der Waals surface area (Å²) in [7, 11) is 0. The largest absolute Gasteiger partial charge is 0.455 e. The molecule has 0 saturated heterocycles. The first-order chi connectivity index (χ1) is 23.2. The van der Waals surface area contributed by atoms with Crippen molar-refractivity contribution in [2.24, 2.45) is 0 Å². The molecule has 0 atom stereocenters. The number of thiophene rings is 1. The van der Waals surface area contributed by atoms with Crippen molar-refractivity contribution in [2.45, 2.75) is 6.92 Å². The Labute approximate surface area is 277 Å². The molecule has 0 aliphatic heterocycles. The van der Waals surface area contributed by atoms with Gasteiger partial charge in [0, 0.05) is 71.0 Å². The molecule has 0 bridgehead atoms. The number of fused-ring (bicyclic) bond motifs is 9. The maximum Gasteiger partial charge on any atom is 0.143 e. The highest BCUT2D eigenvalue weighted by atomic mass is 32.1. The van der Waals surface area contributed by atoms with Gasteiger partial charge in [-0.05, 0) is 138 Å². The van der Waals surface area contributed by atoms with Crippen molar-refractivity contribution in [2.75, 3.05) is 0 Å². The minimum absolute atomic E-state index is 0.887. The van der Waals surface area contributed by atoms with Crippen molar-refractivity contribution in [3.63, 3.8) is 0 Å². The van der Waals surface area contributed by atoms with Gasteiger partial charge in [0.1, 0.15) is 11.2 Å². The zero-order chi connectivity index (χ0) is 32.3. The Balaban J connectivity index is 1.13. The lowest BCUT2D eigenvalue weighted by Gasteiger charge is -2.01. The number of aryl methyl sites for hydroxylation is 1. The smallest absolute Gasteiger partial charge is 0.143 e. The summed E-state index contributed by atoms with van der Waals surface area (Å²) >= 11 is 1.76. The molecule has 2 aromatic heterocycles. The second kappa shape index (κ2) is 14.2. The molecule has 2 heteroatoms. The number of hydrogen-bond acceptors (Lipinski definition) is 2. The van der Waals surface area contributed by atoms with E-state index in [-0.39, 0.29) is 0 Å². The Morgan fingerprint density at radius 1 is 0.489 bits per heavy atom. The van der Waals surface area contributed by atoms with Crippen molar-refractivity contribution < 1.29 is 4.42 Å². The van der Waals surface area contributed by atoms with Gasteiger partial charge < -0.3 is 4.42 Å². The number of terminal acetylenes is 1. The van der Waals surface area contributed by atoms with Gasteiger partial charge in [-0.15, -0.1) is 17.8 Å². The van der Waals surface area contributed by atoms with Gasteiger partial charge >= 0.3 is 0 Å². The fourth-order valence-electron chi connectivity index (χ4n) is 4.73. The van der Waals surface area contributed by atoms with Crippen LogP contribution in [0, 0.1) is 138 Å². The van der Waals surface area contributed by atoms with Crippen molar-refractivity contribution in [1.82, 2.24) is 0 Å². The lowest BCUT2D eigenvalue weighted by atomic mass is 10.0. The first-order valence-electron chi connectivity index (χ1n) is 13.9. The third kappa shape index (κ3) is 6.78. The zero-order valence-corrected chi connectivity index (χ0v) is 25.5. The molecule has 4 aromatic carbocycles. The van der Waals surface area contributed by atoms with Gasteiger partial charge in [0.15, 0.2) is 0 Å². The second-order valence-corrected chi connectivity index (χ2v) is 10.6. The van der Waals surface area contributed by atoms with Crippen molar-refractivity contribution in [3.8, 4) is 131 Å². The van der Waals surface area contributed by atoms with Crippen LogP contribution in [0.15, 0.2) is 65.1 Å². The first kappa shape index (κ1) is 29.4. The van der Waals surface area contributed by atoms with Gasteiger partial charge in [0.2, 0.25) is 0 Å². The summed E-state index contributed by atoms with van der Waals surface area (Å²) in [6.45, 7) is 2.08. The molecular weight excluding hydrogens is 589 g/mol. The van der Waals surface area contributed by atoms with Crippen LogP contribution in [0.2, 0.25) is 0 Å². The first-order valence-corrected chi connectivity index (χ1v) is 14.7. The minimum Gasteiger partial charge on any atom is -0.455 e. The molecule has 6 rings (SSSR count). The number of hydrogen-bond donors (Lipinski definition) is 0. The molecule has 206 valence electrons. The topological polar surface area (TPSA) is 13.1 Å². The van der Waals surface area contributed by atoms with E-state index in [0.29, 0.717) is 0 Å². The Morgan fingerprint density at radius 2 is 0.957 bits per heavy atom. The van der Waals surface area contributed by atoms with Crippen LogP contribution >= 0.6 is 11.3 Å². The van der Waals surface area contributed by atoms with Gasteiger partial charge in [-0.1, -0.05) is 36.3 Å². The summed E-state index contributed by atoms with van der Waals surface area (Å²) in [5.41, 5.74) is 3.92. The van der Waals surface area contributed by atoms with Crippen LogP contribution in [0.1, 0.15) is 11.1 Å². The lowest BCUT2D eigenvalue weighted by Crippen LogP contribution is -1.75. The fourth-order valence-corrected chi connectivity index (χ4v) is 6.00. The van der Waals surface area contributed by atoms with Crippen LogP contribution < -0.4 is 0 Å². The van der Waals surface area contributed by atoms with E-state index in [0.717, 1.165) is 32.9 Å². The molecule has 0 saturated carbocycles. The van der Waals surface area contributed by atoms with E-state index in [1.807, 2.05) is 6.07 Å². The van der Waals surface area contributed by atoms with E-state index in [1.165, 1.54) is 31.1 Å². The lowest BCUT2D eigenvalue weighted by molar-refractivity contribution is 0.672. The number of furan rings is 1. The van der Waals surface area contributed by atoms with Crippen LogP contribution in [0.3, 0.4) is 0 Å². The molecule has 2 heterocycles. The normalized spacial score (nSPS) is 8.51. The summed E-state index contributed by atoms with van der Waals surface area (Å²) in [4.78, 5) is 0. The van der Waals surface area contributed by atoms with Crippen LogP contribution in [-0.2, 0) is 0 Å². The van der Waals surface area contributed by atoms with Gasteiger partial charge in [0.25, 0.3) is 0 Å². The molecule has 0 N–H and O–H groups in total. The molecule has 6 aromatic rings. The SMILES string of the molecule is C#CC#CC#CC#CC#CC#CC#CC#CC#CC#CC#Cc1ccc2c(c1)sc1c2ccc2c1ccc1c3ccc(C)cc3oc12. The highest BCUT2D eigenvalue weighted by molar-refractivity contribution is 7.26. The van der Waals surface area contributed by atoms with Crippen LogP contribution in [0.5, 0.6) is 0 Å². The van der Waals surface area contributed by atoms with Crippen LogP contribution in [-0.4, -0.2) is 0 Å². The standard InChI is InChI=1S/C45H14OS/c1-3-4-5-6-7-8-9-10-11-12-13-14-15-16-17-18-19-20-21-22-23-35-25-27-37-40-30-29-39-41(45(40)47-43(37)33-35)31-28-38-36-26-24-34(2)32-42(36)46-44(38)39/h1,24-33H,2H3. The quantitative estimate of drug-likeness (QED) is 0.165. The third-order valence-corrected chi connectivity index (χ3v) is 7.83. The number of benzene rings is 4. The summed E-state index contributed by atoms with van der Waals surface area (Å²) in [5.74, 6) is 54.0. The van der Waals surface area contributed by atoms with Gasteiger partial charge in [-0.25, -0.2) is 0 Å². The van der Waals surface area contributed by atoms with E-state index < -0.39 is 0 Å². The summed E-state index contributed by atoms with van der Waals surface area (Å²) in [6, 6.07) is 21.4. The maximum absolute atomic E-state index is 6.35. The third-order valence-electron chi connectivity index (χ3n) is 6.63. The maximum atomic E-state index is 6.35. The van der Waals surface area contributed by atoms with E-state index in [2.05, 4.69) is 186 Å². The second-order valence-electron chi connectivity index (χ2n) is 9.54. The molecule has 0 spiro atoms. The van der Waals surface area contributed by atoms with Crippen molar-refractivity contribution in [1.29, 1.82) is 0 Å². The Kier molecular flexibility index (Phi) is 8.88. The van der Waals surface area contributed by atoms with E-state index in [4.69, 9.17) is 10.8 Å². The van der Waals surface area contributed by atoms with E-state index in [1.54, 1.807) is 11.3 Å². The molecule has 1 nitrogen and oxygen atoms in total. The molecule has 0 aliphatic carbocycles. The molecule has 0 radical (unpaired) electrons. The van der Waals surface area contributed by atoms with Gasteiger partial charge in [-0.2, -0.15) is 0 Å². The number of rotatable bonds is 0. The molecule has 47 heavy (non-hydrogen) atoms. The molecular formula is C45H14OS. The highest BCUT2D eigenvalue weighted by Gasteiger charge is 2.14. The Hall–Kier alpha value is -7.68. The van der Waals surface area contributed by atoms with Crippen LogP contribution in [0.4, 0.5) is 0 Å².